The predicted molar refractivity (Wildman–Crippen MR) is 76.2 cm³/mol. The van der Waals surface area contributed by atoms with E-state index in [1.54, 1.807) is 11.3 Å². The maximum atomic E-state index is 12.0. The minimum atomic E-state index is -0.0309. The Bertz CT molecular complexity index is 451. The van der Waals surface area contributed by atoms with Gasteiger partial charge in [0.1, 0.15) is 5.01 Å². The van der Waals surface area contributed by atoms with E-state index < -0.39 is 0 Å². The molecular formula is C14H21N3OS. The number of urea groups is 1. The molecule has 2 amide bonds. The number of amides is 2. The third-order valence-corrected chi connectivity index (χ3v) is 5.10. The first-order valence-corrected chi connectivity index (χ1v) is 8.06. The van der Waals surface area contributed by atoms with E-state index in [1.165, 1.54) is 32.1 Å². The van der Waals surface area contributed by atoms with Crippen LogP contribution in [0.15, 0.2) is 5.38 Å². The molecule has 0 aromatic carbocycles. The fraction of sp³-hybridized carbons (Fsp3) is 0.714. The van der Waals surface area contributed by atoms with Crippen LogP contribution in [-0.4, -0.2) is 17.6 Å². The van der Waals surface area contributed by atoms with Gasteiger partial charge in [-0.25, -0.2) is 9.78 Å². The normalized spacial score (nSPS) is 20.7. The Morgan fingerprint density at radius 1 is 1.47 bits per heavy atom. The minimum absolute atomic E-state index is 0.0309. The summed E-state index contributed by atoms with van der Waals surface area (Å²) in [5, 5.41) is 9.22. The van der Waals surface area contributed by atoms with Gasteiger partial charge in [-0.2, -0.15) is 0 Å². The van der Waals surface area contributed by atoms with Crippen molar-refractivity contribution in [2.24, 2.45) is 11.8 Å². The first kappa shape index (κ1) is 12.9. The van der Waals surface area contributed by atoms with E-state index >= 15 is 0 Å². The van der Waals surface area contributed by atoms with Crippen LogP contribution in [0.5, 0.6) is 0 Å². The van der Waals surface area contributed by atoms with E-state index in [2.05, 4.69) is 21.0 Å². The number of nitrogens with one attached hydrogen (secondary N) is 2. The van der Waals surface area contributed by atoms with Crippen LogP contribution in [-0.2, 0) is 0 Å². The lowest BCUT2D eigenvalue weighted by Gasteiger charge is -2.26. The number of hydrogen-bond donors (Lipinski definition) is 2. The molecule has 104 valence electrons. The highest BCUT2D eigenvalue weighted by atomic mass is 32.1. The van der Waals surface area contributed by atoms with Gasteiger partial charge in [0.25, 0.3) is 0 Å². The van der Waals surface area contributed by atoms with Crippen molar-refractivity contribution >= 4 is 17.4 Å². The second-order valence-electron chi connectivity index (χ2n) is 5.79. The molecule has 2 aliphatic rings. The van der Waals surface area contributed by atoms with E-state index in [-0.39, 0.29) is 12.1 Å². The molecule has 3 rings (SSSR count). The van der Waals surface area contributed by atoms with E-state index in [4.69, 9.17) is 0 Å². The van der Waals surface area contributed by atoms with Gasteiger partial charge in [-0.1, -0.05) is 6.42 Å². The molecule has 1 atom stereocenters. The molecular weight excluding hydrogens is 258 g/mol. The predicted octanol–water partition coefficient (Wildman–Crippen LogP) is 3.00. The van der Waals surface area contributed by atoms with Gasteiger partial charge in [-0.3, -0.25) is 0 Å². The van der Waals surface area contributed by atoms with Crippen molar-refractivity contribution in [3.05, 3.63) is 16.1 Å². The van der Waals surface area contributed by atoms with Crippen LogP contribution in [0.3, 0.4) is 0 Å². The van der Waals surface area contributed by atoms with E-state index in [9.17, 15) is 4.79 Å². The number of hydrogen-bond acceptors (Lipinski definition) is 3. The third kappa shape index (κ3) is 3.26. The molecule has 2 fully saturated rings. The quantitative estimate of drug-likeness (QED) is 0.870. The molecule has 2 aliphatic carbocycles. The lowest BCUT2D eigenvalue weighted by atomic mass is 9.85. The number of aryl methyl sites for hydroxylation is 1. The van der Waals surface area contributed by atoms with Crippen molar-refractivity contribution in [2.75, 3.05) is 6.54 Å². The summed E-state index contributed by atoms with van der Waals surface area (Å²) in [6.45, 7) is 2.82. The Balaban J connectivity index is 1.53. The summed E-state index contributed by atoms with van der Waals surface area (Å²) in [4.78, 5) is 16.5. The third-order valence-electron chi connectivity index (χ3n) is 4.06. The van der Waals surface area contributed by atoms with Crippen molar-refractivity contribution in [3.63, 3.8) is 0 Å². The first-order chi connectivity index (χ1) is 9.22. The van der Waals surface area contributed by atoms with Crippen molar-refractivity contribution in [1.82, 2.24) is 15.6 Å². The Labute approximate surface area is 118 Å². The summed E-state index contributed by atoms with van der Waals surface area (Å²) < 4.78 is 0. The van der Waals surface area contributed by atoms with Crippen LogP contribution >= 0.6 is 11.3 Å². The zero-order valence-electron chi connectivity index (χ0n) is 11.3. The smallest absolute Gasteiger partial charge is 0.315 e. The molecule has 1 aromatic rings. The van der Waals surface area contributed by atoms with Crippen molar-refractivity contribution in [1.29, 1.82) is 0 Å². The summed E-state index contributed by atoms with van der Waals surface area (Å²) in [7, 11) is 0. The van der Waals surface area contributed by atoms with Crippen LogP contribution in [0.25, 0.3) is 0 Å². The zero-order valence-corrected chi connectivity index (χ0v) is 12.1. The highest BCUT2D eigenvalue weighted by Gasteiger charge is 2.35. The molecule has 5 heteroatoms. The van der Waals surface area contributed by atoms with Gasteiger partial charge >= 0.3 is 6.03 Å². The van der Waals surface area contributed by atoms with Crippen molar-refractivity contribution in [2.45, 2.75) is 45.1 Å². The van der Waals surface area contributed by atoms with Gasteiger partial charge in [0.15, 0.2) is 0 Å². The number of rotatable bonds is 5. The van der Waals surface area contributed by atoms with Gasteiger partial charge in [-0.05, 0) is 44.4 Å². The average molecular weight is 279 g/mol. The topological polar surface area (TPSA) is 54.0 Å². The fourth-order valence-electron chi connectivity index (χ4n) is 2.45. The van der Waals surface area contributed by atoms with Gasteiger partial charge in [0.05, 0.1) is 6.04 Å². The molecule has 19 heavy (non-hydrogen) atoms. The van der Waals surface area contributed by atoms with E-state index in [0.717, 1.165) is 17.2 Å². The van der Waals surface area contributed by atoms with Crippen LogP contribution < -0.4 is 10.6 Å². The van der Waals surface area contributed by atoms with Crippen molar-refractivity contribution in [3.8, 4) is 0 Å². The maximum absolute atomic E-state index is 12.0. The standard InChI is InChI=1S/C14H21N3OS/c1-9-8-19-13(16-9)12(11-5-6-11)17-14(18)15-7-10-3-2-4-10/h8,10-12H,2-7H2,1H3,(H2,15,17,18)/t12-/m1/s1. The van der Waals surface area contributed by atoms with Crippen LogP contribution in [0, 0.1) is 18.8 Å². The number of carbonyl (C=O) groups excluding carboxylic acids is 1. The summed E-state index contributed by atoms with van der Waals surface area (Å²) in [6, 6.07) is 0.0803. The number of aromatic nitrogens is 1. The summed E-state index contributed by atoms with van der Waals surface area (Å²) >= 11 is 1.65. The molecule has 2 N–H and O–H groups in total. The van der Waals surface area contributed by atoms with Gasteiger partial charge in [0.2, 0.25) is 0 Å². The summed E-state index contributed by atoms with van der Waals surface area (Å²) in [5.41, 5.74) is 1.04. The second-order valence-corrected chi connectivity index (χ2v) is 6.68. The van der Waals surface area contributed by atoms with Crippen LogP contribution in [0.4, 0.5) is 4.79 Å². The molecule has 1 heterocycles. The van der Waals surface area contributed by atoms with Crippen molar-refractivity contribution < 1.29 is 4.79 Å². The molecule has 0 radical (unpaired) electrons. The highest BCUT2D eigenvalue weighted by molar-refractivity contribution is 7.09. The molecule has 0 aliphatic heterocycles. The maximum Gasteiger partial charge on any atom is 0.315 e. The number of thiazole rings is 1. The summed E-state index contributed by atoms with van der Waals surface area (Å²) in [6.07, 6.45) is 6.24. The Morgan fingerprint density at radius 2 is 2.26 bits per heavy atom. The highest BCUT2D eigenvalue weighted by Crippen LogP contribution is 2.41. The van der Waals surface area contributed by atoms with E-state index in [1.807, 2.05) is 6.92 Å². The lowest BCUT2D eigenvalue weighted by molar-refractivity contribution is 0.227. The molecule has 0 unspecified atom stereocenters. The zero-order chi connectivity index (χ0) is 13.2. The van der Waals surface area contributed by atoms with Crippen LogP contribution in [0.1, 0.15) is 48.8 Å². The molecule has 0 saturated heterocycles. The fourth-order valence-corrected chi connectivity index (χ4v) is 3.39. The largest absolute Gasteiger partial charge is 0.338 e. The number of carbonyl (C=O) groups is 1. The average Bonchev–Trinajstić information content (AvgIpc) is 3.07. The lowest BCUT2D eigenvalue weighted by Crippen LogP contribution is -2.41. The SMILES string of the molecule is Cc1csc([C@H](NC(=O)NCC2CCC2)C2CC2)n1. The number of nitrogens with zero attached hydrogens (tertiary/aromatic N) is 1. The Morgan fingerprint density at radius 3 is 2.79 bits per heavy atom. The molecule has 4 nitrogen and oxygen atoms in total. The molecule has 0 spiro atoms. The summed E-state index contributed by atoms with van der Waals surface area (Å²) in [5.74, 6) is 1.28. The molecule has 2 saturated carbocycles. The van der Waals surface area contributed by atoms with E-state index in [0.29, 0.717) is 11.8 Å². The Hall–Kier alpha value is -1.10. The molecule has 0 bridgehead atoms. The monoisotopic (exact) mass is 279 g/mol. The van der Waals surface area contributed by atoms with Gasteiger partial charge in [0, 0.05) is 17.6 Å². The Kier molecular flexibility index (Phi) is 3.73. The minimum Gasteiger partial charge on any atom is -0.338 e. The van der Waals surface area contributed by atoms with Crippen LogP contribution in [0.2, 0.25) is 0 Å². The van der Waals surface area contributed by atoms with Gasteiger partial charge in [-0.15, -0.1) is 11.3 Å². The molecule has 1 aromatic heterocycles. The second kappa shape index (κ2) is 5.49. The first-order valence-electron chi connectivity index (χ1n) is 7.19. The van der Waals surface area contributed by atoms with Gasteiger partial charge < -0.3 is 10.6 Å².